The quantitative estimate of drug-likeness (QED) is 0.704. The van der Waals surface area contributed by atoms with Crippen LogP contribution in [-0.4, -0.2) is 41.4 Å². The van der Waals surface area contributed by atoms with Crippen molar-refractivity contribution in [3.8, 4) is 0 Å². The predicted molar refractivity (Wildman–Crippen MR) is 59.7 cm³/mol. The third kappa shape index (κ3) is 2.05. The number of rotatable bonds is 1. The highest BCUT2D eigenvalue weighted by atomic mass is 16.2. The van der Waals surface area contributed by atoms with Gasteiger partial charge in [0, 0.05) is 25.6 Å². The Balaban J connectivity index is 2.05. The van der Waals surface area contributed by atoms with E-state index in [9.17, 15) is 9.59 Å². The summed E-state index contributed by atoms with van der Waals surface area (Å²) in [4.78, 5) is 26.5. The fourth-order valence-corrected chi connectivity index (χ4v) is 1.78. The molecule has 0 atom stereocenters. The van der Waals surface area contributed by atoms with Crippen molar-refractivity contribution >= 4 is 11.8 Å². The lowest BCUT2D eigenvalue weighted by Gasteiger charge is -2.17. The van der Waals surface area contributed by atoms with Gasteiger partial charge in [-0.2, -0.15) is 0 Å². The zero-order valence-corrected chi connectivity index (χ0v) is 9.22. The number of hydrogen-bond donors (Lipinski definition) is 0. The Morgan fingerprint density at radius 3 is 2.25 bits per heavy atom. The lowest BCUT2D eigenvalue weighted by atomic mass is 10.2. The van der Waals surface area contributed by atoms with E-state index in [1.54, 1.807) is 21.9 Å². The summed E-state index contributed by atoms with van der Waals surface area (Å²) in [6.45, 7) is 3.18. The molecule has 1 saturated heterocycles. The summed E-state index contributed by atoms with van der Waals surface area (Å²) in [5, 5.41) is 0. The van der Waals surface area contributed by atoms with E-state index in [0.29, 0.717) is 25.3 Å². The number of nitrogens with zero attached hydrogens (tertiary/aromatic N) is 2. The largest absolute Gasteiger partial charge is 0.323 e. The highest BCUT2D eigenvalue weighted by Gasteiger charge is 2.25. The topological polar surface area (TPSA) is 40.6 Å². The van der Waals surface area contributed by atoms with Crippen LogP contribution in [0.2, 0.25) is 0 Å². The Morgan fingerprint density at radius 1 is 1.06 bits per heavy atom. The van der Waals surface area contributed by atoms with Crippen molar-refractivity contribution in [2.24, 2.45) is 0 Å². The van der Waals surface area contributed by atoms with Crippen LogP contribution in [0.1, 0.15) is 17.3 Å². The molecule has 0 spiro atoms. The molecular formula is C12H14N2O2. The van der Waals surface area contributed by atoms with E-state index in [1.807, 2.05) is 18.2 Å². The van der Waals surface area contributed by atoms with Gasteiger partial charge in [-0.15, -0.1) is 0 Å². The fourth-order valence-electron chi connectivity index (χ4n) is 1.78. The van der Waals surface area contributed by atoms with Crippen molar-refractivity contribution < 1.29 is 9.59 Å². The van der Waals surface area contributed by atoms with Crippen LogP contribution in [0.15, 0.2) is 30.3 Å². The van der Waals surface area contributed by atoms with E-state index in [1.165, 1.54) is 6.92 Å². The van der Waals surface area contributed by atoms with Gasteiger partial charge in [0.25, 0.3) is 5.91 Å². The predicted octanol–water partition coefficient (Wildman–Crippen LogP) is 0.948. The molecule has 84 valence electrons. The maximum atomic E-state index is 12.0. The number of benzene rings is 1. The third-order valence-corrected chi connectivity index (χ3v) is 2.73. The Morgan fingerprint density at radius 2 is 1.69 bits per heavy atom. The van der Waals surface area contributed by atoms with E-state index < -0.39 is 0 Å². The van der Waals surface area contributed by atoms with Gasteiger partial charge >= 0.3 is 0 Å². The van der Waals surface area contributed by atoms with Gasteiger partial charge in [-0.05, 0) is 12.1 Å². The first-order chi connectivity index (χ1) is 7.68. The van der Waals surface area contributed by atoms with Gasteiger partial charge in [0.1, 0.15) is 0 Å². The third-order valence-electron chi connectivity index (χ3n) is 2.73. The van der Waals surface area contributed by atoms with Crippen LogP contribution in [0.25, 0.3) is 0 Å². The van der Waals surface area contributed by atoms with Crippen molar-refractivity contribution in [3.05, 3.63) is 35.9 Å². The molecule has 4 nitrogen and oxygen atoms in total. The monoisotopic (exact) mass is 218 g/mol. The molecule has 1 aromatic carbocycles. The van der Waals surface area contributed by atoms with Crippen LogP contribution < -0.4 is 0 Å². The first-order valence-corrected chi connectivity index (χ1v) is 5.28. The van der Waals surface area contributed by atoms with E-state index >= 15 is 0 Å². The molecule has 0 aliphatic carbocycles. The average Bonchev–Trinajstić information content (AvgIpc) is 2.78. The number of hydrogen-bond acceptors (Lipinski definition) is 2. The zero-order valence-electron chi connectivity index (χ0n) is 9.22. The zero-order chi connectivity index (χ0) is 11.5. The van der Waals surface area contributed by atoms with Crippen molar-refractivity contribution in [2.75, 3.05) is 19.8 Å². The van der Waals surface area contributed by atoms with E-state index in [4.69, 9.17) is 0 Å². The van der Waals surface area contributed by atoms with Crippen LogP contribution in [0.5, 0.6) is 0 Å². The Labute approximate surface area is 94.5 Å². The highest BCUT2D eigenvalue weighted by molar-refractivity contribution is 5.94. The summed E-state index contributed by atoms with van der Waals surface area (Å²) in [6.07, 6.45) is 0. The molecule has 0 bridgehead atoms. The van der Waals surface area contributed by atoms with Crippen LogP contribution in [0.4, 0.5) is 0 Å². The van der Waals surface area contributed by atoms with Gasteiger partial charge in [-0.3, -0.25) is 9.59 Å². The summed E-state index contributed by atoms with van der Waals surface area (Å²) in [5.41, 5.74) is 0.674. The van der Waals surface area contributed by atoms with Crippen molar-refractivity contribution in [2.45, 2.75) is 6.92 Å². The van der Waals surface area contributed by atoms with Crippen molar-refractivity contribution in [1.29, 1.82) is 0 Å². The molecule has 4 heteroatoms. The number of carbonyl (C=O) groups excluding carboxylic acids is 2. The normalized spacial score (nSPS) is 15.3. The minimum Gasteiger partial charge on any atom is -0.323 e. The van der Waals surface area contributed by atoms with Crippen LogP contribution in [0, 0.1) is 0 Å². The van der Waals surface area contributed by atoms with E-state index in [2.05, 4.69) is 0 Å². The average molecular weight is 218 g/mol. The van der Waals surface area contributed by atoms with Gasteiger partial charge in [0.05, 0.1) is 6.67 Å². The second kappa shape index (κ2) is 4.35. The molecule has 0 N–H and O–H groups in total. The van der Waals surface area contributed by atoms with Gasteiger partial charge in [-0.1, -0.05) is 18.2 Å². The Hall–Kier alpha value is -1.84. The molecule has 1 aliphatic heterocycles. The van der Waals surface area contributed by atoms with E-state index in [-0.39, 0.29) is 11.8 Å². The number of carbonyl (C=O) groups is 2. The van der Waals surface area contributed by atoms with Crippen molar-refractivity contribution in [3.63, 3.8) is 0 Å². The molecule has 0 radical (unpaired) electrons. The van der Waals surface area contributed by atoms with Crippen LogP contribution in [0.3, 0.4) is 0 Å². The fraction of sp³-hybridized carbons (Fsp3) is 0.333. The summed E-state index contributed by atoms with van der Waals surface area (Å²) in [6, 6.07) is 9.14. The Kier molecular flexibility index (Phi) is 2.90. The van der Waals surface area contributed by atoms with Gasteiger partial charge in [0.2, 0.25) is 5.91 Å². The minimum atomic E-state index is -0.00986. The van der Waals surface area contributed by atoms with Crippen LogP contribution in [-0.2, 0) is 4.79 Å². The summed E-state index contributed by atoms with van der Waals surface area (Å²) >= 11 is 0. The first kappa shape index (κ1) is 10.7. The molecule has 2 rings (SSSR count). The summed E-state index contributed by atoms with van der Waals surface area (Å²) in [5.74, 6) is 0.00714. The summed E-state index contributed by atoms with van der Waals surface area (Å²) in [7, 11) is 0. The molecular weight excluding hydrogens is 204 g/mol. The maximum absolute atomic E-state index is 12.0. The lowest BCUT2D eigenvalue weighted by Crippen LogP contribution is -2.32. The second-order valence-electron chi connectivity index (χ2n) is 3.86. The lowest BCUT2D eigenvalue weighted by molar-refractivity contribution is -0.128. The molecule has 0 aromatic heterocycles. The molecule has 0 unspecified atom stereocenters. The molecule has 1 aromatic rings. The number of amides is 2. The minimum absolute atomic E-state index is 0.00986. The molecule has 0 saturated carbocycles. The summed E-state index contributed by atoms with van der Waals surface area (Å²) < 4.78 is 0. The van der Waals surface area contributed by atoms with Gasteiger partial charge in [0.15, 0.2) is 0 Å². The van der Waals surface area contributed by atoms with Crippen molar-refractivity contribution in [1.82, 2.24) is 9.80 Å². The maximum Gasteiger partial charge on any atom is 0.255 e. The SMILES string of the molecule is CC(=O)N1CCN(C(=O)c2ccccc2)C1. The highest BCUT2D eigenvalue weighted by Crippen LogP contribution is 2.10. The smallest absolute Gasteiger partial charge is 0.255 e. The molecule has 2 amide bonds. The van der Waals surface area contributed by atoms with Gasteiger partial charge < -0.3 is 9.80 Å². The van der Waals surface area contributed by atoms with Crippen LogP contribution >= 0.6 is 0 Å². The molecule has 1 heterocycles. The first-order valence-electron chi connectivity index (χ1n) is 5.28. The van der Waals surface area contributed by atoms with Gasteiger partial charge in [-0.25, -0.2) is 0 Å². The standard InChI is InChI=1S/C12H14N2O2/c1-10(15)13-7-8-14(9-13)12(16)11-5-3-2-4-6-11/h2-6H,7-9H2,1H3. The molecule has 16 heavy (non-hydrogen) atoms. The Bertz CT molecular complexity index is 403. The van der Waals surface area contributed by atoms with E-state index in [0.717, 1.165) is 0 Å². The molecule has 1 fully saturated rings. The second-order valence-corrected chi connectivity index (χ2v) is 3.86. The molecule has 1 aliphatic rings.